The van der Waals surface area contributed by atoms with Gasteiger partial charge in [0.15, 0.2) is 5.57 Å². The Balaban J connectivity index is 1.67. The molecule has 1 N–H and O–H groups in total. The predicted molar refractivity (Wildman–Crippen MR) is 127 cm³/mol. The normalized spacial score (nSPS) is 13.8. The molecule has 1 fully saturated rings. The summed E-state index contributed by atoms with van der Waals surface area (Å²) >= 11 is 0. The second-order valence-corrected chi connectivity index (χ2v) is 7.81. The number of methoxy groups -OCH3 is 3. The number of anilines is 2. The lowest BCUT2D eigenvalue weighted by atomic mass is 10.1. The number of ether oxygens (including phenoxy) is 3. The highest BCUT2D eigenvalue weighted by Crippen LogP contribution is 2.26. The van der Waals surface area contributed by atoms with E-state index in [1.165, 1.54) is 31.7 Å². The number of esters is 2. The SMILES string of the molecule is COC(=O)C(=CNc1ccc(OC)c(CN2CCN(c3ccc(C)cc3)CC2)c1)C(=O)OC. The van der Waals surface area contributed by atoms with Crippen LogP contribution >= 0.6 is 0 Å². The molecule has 0 saturated carbocycles. The number of benzene rings is 2. The van der Waals surface area contributed by atoms with E-state index in [0.717, 1.165) is 49.7 Å². The number of hydrogen-bond acceptors (Lipinski definition) is 8. The van der Waals surface area contributed by atoms with Crippen LogP contribution in [0, 0.1) is 6.92 Å². The van der Waals surface area contributed by atoms with Gasteiger partial charge in [-0.3, -0.25) is 4.90 Å². The first-order valence-corrected chi connectivity index (χ1v) is 10.8. The summed E-state index contributed by atoms with van der Waals surface area (Å²) in [4.78, 5) is 28.5. The Morgan fingerprint density at radius 3 is 2.15 bits per heavy atom. The van der Waals surface area contributed by atoms with E-state index in [2.05, 4.69) is 55.8 Å². The highest BCUT2D eigenvalue weighted by Gasteiger charge is 2.21. The van der Waals surface area contributed by atoms with Crippen molar-refractivity contribution in [3.8, 4) is 5.75 Å². The summed E-state index contributed by atoms with van der Waals surface area (Å²) in [6.45, 7) is 6.60. The smallest absolute Gasteiger partial charge is 0.346 e. The van der Waals surface area contributed by atoms with E-state index in [9.17, 15) is 9.59 Å². The van der Waals surface area contributed by atoms with Gasteiger partial charge < -0.3 is 24.4 Å². The van der Waals surface area contributed by atoms with E-state index >= 15 is 0 Å². The third-order valence-electron chi connectivity index (χ3n) is 5.64. The molecule has 0 aromatic heterocycles. The second kappa shape index (κ2) is 11.4. The average molecular weight is 454 g/mol. The molecule has 1 aliphatic heterocycles. The van der Waals surface area contributed by atoms with Gasteiger partial charge >= 0.3 is 11.9 Å². The lowest BCUT2D eigenvalue weighted by Gasteiger charge is -2.36. The van der Waals surface area contributed by atoms with Gasteiger partial charge in [-0.05, 0) is 37.3 Å². The molecule has 0 spiro atoms. The second-order valence-electron chi connectivity index (χ2n) is 7.81. The topological polar surface area (TPSA) is 80.3 Å². The zero-order valence-corrected chi connectivity index (χ0v) is 19.6. The van der Waals surface area contributed by atoms with Crippen LogP contribution in [0.5, 0.6) is 5.75 Å². The van der Waals surface area contributed by atoms with Gasteiger partial charge in [0.05, 0.1) is 21.3 Å². The van der Waals surface area contributed by atoms with Gasteiger partial charge in [0, 0.05) is 55.9 Å². The Morgan fingerprint density at radius 2 is 1.58 bits per heavy atom. The van der Waals surface area contributed by atoms with Crippen molar-refractivity contribution in [1.82, 2.24) is 4.90 Å². The summed E-state index contributed by atoms with van der Waals surface area (Å²) in [6.07, 6.45) is 1.30. The van der Waals surface area contributed by atoms with Gasteiger partial charge in [-0.15, -0.1) is 0 Å². The highest BCUT2D eigenvalue weighted by molar-refractivity contribution is 6.14. The minimum atomic E-state index is -0.769. The lowest BCUT2D eigenvalue weighted by Crippen LogP contribution is -2.46. The number of nitrogens with zero attached hydrogens (tertiary/aromatic N) is 2. The highest BCUT2D eigenvalue weighted by atomic mass is 16.5. The molecule has 0 amide bonds. The maximum Gasteiger partial charge on any atom is 0.346 e. The van der Waals surface area contributed by atoms with Gasteiger partial charge in [-0.2, -0.15) is 0 Å². The third-order valence-corrected chi connectivity index (χ3v) is 5.64. The summed E-state index contributed by atoms with van der Waals surface area (Å²) in [5, 5.41) is 2.99. The molecule has 1 saturated heterocycles. The first-order chi connectivity index (χ1) is 15.9. The molecule has 0 radical (unpaired) electrons. The number of carbonyl (C=O) groups excluding carboxylic acids is 2. The van der Waals surface area contributed by atoms with Crippen molar-refractivity contribution in [2.75, 3.05) is 57.7 Å². The Morgan fingerprint density at radius 1 is 0.939 bits per heavy atom. The zero-order valence-electron chi connectivity index (χ0n) is 19.6. The Kier molecular flexibility index (Phi) is 8.32. The van der Waals surface area contributed by atoms with Gasteiger partial charge in [0.25, 0.3) is 0 Å². The molecule has 33 heavy (non-hydrogen) atoms. The van der Waals surface area contributed by atoms with E-state index in [1.54, 1.807) is 7.11 Å². The van der Waals surface area contributed by atoms with Crippen LogP contribution in [0.1, 0.15) is 11.1 Å². The van der Waals surface area contributed by atoms with Gasteiger partial charge in [-0.25, -0.2) is 9.59 Å². The molecule has 1 aliphatic rings. The molecule has 0 bridgehead atoms. The maximum absolute atomic E-state index is 11.8. The van der Waals surface area contributed by atoms with Crippen molar-refractivity contribution in [3.63, 3.8) is 0 Å². The zero-order chi connectivity index (χ0) is 23.8. The van der Waals surface area contributed by atoms with Crippen molar-refractivity contribution in [3.05, 3.63) is 65.4 Å². The van der Waals surface area contributed by atoms with Crippen molar-refractivity contribution in [1.29, 1.82) is 0 Å². The van der Waals surface area contributed by atoms with Crippen molar-refractivity contribution in [2.45, 2.75) is 13.5 Å². The fraction of sp³-hybridized carbons (Fsp3) is 0.360. The summed E-state index contributed by atoms with van der Waals surface area (Å²) in [7, 11) is 4.07. The van der Waals surface area contributed by atoms with E-state index in [-0.39, 0.29) is 5.57 Å². The fourth-order valence-corrected chi connectivity index (χ4v) is 3.73. The molecule has 0 atom stereocenters. The van der Waals surface area contributed by atoms with Crippen LogP contribution in [0.15, 0.2) is 54.2 Å². The Bertz CT molecular complexity index is 978. The van der Waals surface area contributed by atoms with E-state index in [1.807, 2.05) is 18.2 Å². The van der Waals surface area contributed by atoms with Gasteiger partial charge in [0.1, 0.15) is 5.75 Å². The van der Waals surface area contributed by atoms with Crippen LogP contribution in [-0.2, 0) is 25.6 Å². The lowest BCUT2D eigenvalue weighted by molar-refractivity contribution is -0.144. The van der Waals surface area contributed by atoms with Crippen molar-refractivity contribution in [2.24, 2.45) is 0 Å². The number of nitrogens with one attached hydrogen (secondary N) is 1. The standard InChI is InChI=1S/C25H31N3O5/c1-18-5-8-21(9-6-18)28-13-11-27(12-14-28)17-19-15-20(7-10-23(19)31-2)26-16-22(24(29)32-3)25(30)33-4/h5-10,15-16,26H,11-14,17H2,1-4H3. The van der Waals surface area contributed by atoms with Gasteiger partial charge in [0.2, 0.25) is 0 Å². The minimum absolute atomic E-state index is 0.218. The first kappa shape index (κ1) is 24.1. The molecule has 0 unspecified atom stereocenters. The van der Waals surface area contributed by atoms with Crippen molar-refractivity contribution >= 4 is 23.3 Å². The maximum atomic E-state index is 11.8. The number of piperazine rings is 1. The molecular weight excluding hydrogens is 422 g/mol. The third kappa shape index (κ3) is 6.26. The molecular formula is C25H31N3O5. The molecule has 1 heterocycles. The van der Waals surface area contributed by atoms with E-state index < -0.39 is 11.9 Å². The van der Waals surface area contributed by atoms with Crippen LogP contribution in [0.3, 0.4) is 0 Å². The van der Waals surface area contributed by atoms with Crippen LogP contribution < -0.4 is 15.0 Å². The molecule has 0 aliphatic carbocycles. The Hall–Kier alpha value is -3.52. The van der Waals surface area contributed by atoms with E-state index in [4.69, 9.17) is 4.74 Å². The number of hydrogen-bond donors (Lipinski definition) is 1. The van der Waals surface area contributed by atoms with Crippen LogP contribution in [-0.4, -0.2) is 64.3 Å². The fourth-order valence-electron chi connectivity index (χ4n) is 3.73. The number of carbonyl (C=O) groups is 2. The molecule has 2 aromatic rings. The van der Waals surface area contributed by atoms with E-state index in [0.29, 0.717) is 0 Å². The Labute approximate surface area is 194 Å². The number of aryl methyl sites for hydroxylation is 1. The van der Waals surface area contributed by atoms with Crippen LogP contribution in [0.4, 0.5) is 11.4 Å². The van der Waals surface area contributed by atoms with Crippen LogP contribution in [0.25, 0.3) is 0 Å². The summed E-state index contributed by atoms with van der Waals surface area (Å²) in [5.74, 6) is -0.754. The predicted octanol–water partition coefficient (Wildman–Crippen LogP) is 2.97. The summed E-state index contributed by atoms with van der Waals surface area (Å²) < 4.78 is 14.9. The molecule has 176 valence electrons. The van der Waals surface area contributed by atoms with Crippen LogP contribution in [0.2, 0.25) is 0 Å². The van der Waals surface area contributed by atoms with Crippen molar-refractivity contribution < 1.29 is 23.8 Å². The number of rotatable bonds is 8. The largest absolute Gasteiger partial charge is 0.496 e. The molecule has 3 rings (SSSR count). The summed E-state index contributed by atoms with van der Waals surface area (Å²) in [6, 6.07) is 14.3. The molecule has 2 aromatic carbocycles. The minimum Gasteiger partial charge on any atom is -0.496 e. The quantitative estimate of drug-likeness (QED) is 0.283. The monoisotopic (exact) mass is 453 g/mol. The molecule has 8 heteroatoms. The summed E-state index contributed by atoms with van der Waals surface area (Å²) in [5.41, 5.74) is 4.03. The average Bonchev–Trinajstić information content (AvgIpc) is 2.85. The van der Waals surface area contributed by atoms with Gasteiger partial charge in [-0.1, -0.05) is 17.7 Å². The molecule has 8 nitrogen and oxygen atoms in total. The first-order valence-electron chi connectivity index (χ1n) is 10.8.